The van der Waals surface area contributed by atoms with Crippen LogP contribution in [0.25, 0.3) is 20.4 Å². The molecule has 2 nitrogen and oxygen atoms in total. The number of aryl methyl sites for hydroxylation is 4. The van der Waals surface area contributed by atoms with Gasteiger partial charge in [-0.25, -0.2) is 4.98 Å². The van der Waals surface area contributed by atoms with E-state index in [0.717, 1.165) is 16.9 Å². The summed E-state index contributed by atoms with van der Waals surface area (Å²) in [5.74, 6) is 0. The maximum atomic E-state index is 4.97. The Morgan fingerprint density at radius 2 is 1.95 bits per heavy atom. The van der Waals surface area contributed by atoms with Gasteiger partial charge < -0.3 is 0 Å². The van der Waals surface area contributed by atoms with Crippen LogP contribution >= 0.6 is 11.3 Å². The summed E-state index contributed by atoms with van der Waals surface area (Å²) in [6.45, 7) is 6.50. The van der Waals surface area contributed by atoms with Gasteiger partial charge in [-0.15, -0.1) is 11.3 Å². The Hall–Kier alpha value is -1.48. The Morgan fingerprint density at radius 1 is 1.11 bits per heavy atom. The molecule has 0 aliphatic heterocycles. The summed E-state index contributed by atoms with van der Waals surface area (Å²) in [6.07, 6.45) is 3.60. The molecule has 0 unspecified atom stereocenters. The van der Waals surface area contributed by atoms with E-state index in [2.05, 4.69) is 26.8 Å². The third kappa shape index (κ3) is 1.48. The first-order valence-corrected chi connectivity index (χ1v) is 7.65. The summed E-state index contributed by atoms with van der Waals surface area (Å²) in [4.78, 5) is 10.8. The lowest BCUT2D eigenvalue weighted by molar-refractivity contribution is 0.900. The summed E-state index contributed by atoms with van der Waals surface area (Å²) in [5, 5.41) is 1.27. The van der Waals surface area contributed by atoms with E-state index in [1.165, 1.54) is 50.8 Å². The van der Waals surface area contributed by atoms with Gasteiger partial charge in [0.1, 0.15) is 4.83 Å². The predicted molar refractivity (Wildman–Crippen MR) is 81.2 cm³/mol. The number of pyridine rings is 2. The number of thiophene rings is 1. The molecular weight excluding hydrogens is 252 g/mol. The standard InChI is InChI=1S/C16H16N2S/c1-8-7-9(2)17-16-13(8)14-15(19-16)10(3)11-5-4-6-12(11)18-14/h7H,4-6H2,1-3H3. The maximum Gasteiger partial charge on any atom is 0.126 e. The lowest BCUT2D eigenvalue weighted by atomic mass is 10.1. The maximum absolute atomic E-state index is 4.97. The second kappa shape index (κ2) is 3.76. The van der Waals surface area contributed by atoms with Crippen LogP contribution in [-0.2, 0) is 12.8 Å². The molecule has 0 amide bonds. The van der Waals surface area contributed by atoms with Crippen LogP contribution in [0.3, 0.4) is 0 Å². The van der Waals surface area contributed by atoms with E-state index in [9.17, 15) is 0 Å². The van der Waals surface area contributed by atoms with Crippen LogP contribution in [0.15, 0.2) is 6.07 Å². The van der Waals surface area contributed by atoms with Crippen molar-refractivity contribution < 1.29 is 0 Å². The van der Waals surface area contributed by atoms with Gasteiger partial charge in [-0.1, -0.05) is 0 Å². The fraction of sp³-hybridized carbons (Fsp3) is 0.375. The fourth-order valence-corrected chi connectivity index (χ4v) is 4.57. The molecule has 3 heteroatoms. The average Bonchev–Trinajstić information content (AvgIpc) is 2.93. The molecule has 3 heterocycles. The normalized spacial score (nSPS) is 14.5. The van der Waals surface area contributed by atoms with Gasteiger partial charge in [0.05, 0.1) is 10.2 Å². The van der Waals surface area contributed by atoms with Crippen LogP contribution < -0.4 is 0 Å². The number of aromatic nitrogens is 2. The number of hydrogen-bond donors (Lipinski definition) is 0. The monoisotopic (exact) mass is 268 g/mol. The molecular formula is C16H16N2S. The topological polar surface area (TPSA) is 25.8 Å². The zero-order chi connectivity index (χ0) is 13.1. The van der Waals surface area contributed by atoms with Crippen molar-refractivity contribution in [3.05, 3.63) is 34.1 Å². The molecule has 0 fully saturated rings. The highest BCUT2D eigenvalue weighted by Gasteiger charge is 2.20. The summed E-state index contributed by atoms with van der Waals surface area (Å²) < 4.78 is 1.34. The number of rotatable bonds is 0. The van der Waals surface area contributed by atoms with Crippen molar-refractivity contribution in [1.82, 2.24) is 9.97 Å². The molecule has 4 rings (SSSR count). The Labute approximate surface area is 116 Å². The molecule has 0 bridgehead atoms. The van der Waals surface area contributed by atoms with Gasteiger partial charge in [0.2, 0.25) is 0 Å². The number of fused-ring (bicyclic) bond motifs is 4. The first-order valence-electron chi connectivity index (χ1n) is 6.84. The van der Waals surface area contributed by atoms with Crippen LogP contribution in [-0.4, -0.2) is 9.97 Å². The summed E-state index contributed by atoms with van der Waals surface area (Å²) in [5.41, 5.74) is 7.85. The smallest absolute Gasteiger partial charge is 0.126 e. The Balaban J connectivity index is 2.23. The number of hydrogen-bond acceptors (Lipinski definition) is 3. The molecule has 0 spiro atoms. The van der Waals surface area contributed by atoms with E-state index in [-0.39, 0.29) is 0 Å². The quantitative estimate of drug-likeness (QED) is 0.609. The van der Waals surface area contributed by atoms with Crippen molar-refractivity contribution in [2.75, 3.05) is 0 Å². The van der Waals surface area contributed by atoms with Crippen molar-refractivity contribution >= 4 is 31.8 Å². The van der Waals surface area contributed by atoms with Crippen LogP contribution in [0, 0.1) is 20.8 Å². The zero-order valence-electron chi connectivity index (χ0n) is 11.5. The zero-order valence-corrected chi connectivity index (χ0v) is 12.3. The van der Waals surface area contributed by atoms with E-state index < -0.39 is 0 Å². The van der Waals surface area contributed by atoms with Gasteiger partial charge in [0, 0.05) is 16.8 Å². The van der Waals surface area contributed by atoms with Crippen LogP contribution in [0.5, 0.6) is 0 Å². The lowest BCUT2D eigenvalue weighted by Gasteiger charge is -2.05. The van der Waals surface area contributed by atoms with Gasteiger partial charge in [-0.05, 0) is 62.8 Å². The SMILES string of the molecule is Cc1cc(C)c2c(n1)sc1c(C)c3c(nc12)CCC3. The Kier molecular flexibility index (Phi) is 2.25. The largest absolute Gasteiger partial charge is 0.251 e. The molecule has 0 saturated carbocycles. The minimum atomic E-state index is 1.10. The molecule has 19 heavy (non-hydrogen) atoms. The molecule has 0 saturated heterocycles. The van der Waals surface area contributed by atoms with Crippen molar-refractivity contribution in [3.63, 3.8) is 0 Å². The number of nitrogens with zero attached hydrogens (tertiary/aromatic N) is 2. The van der Waals surface area contributed by atoms with Gasteiger partial charge in [-0.2, -0.15) is 0 Å². The predicted octanol–water partition coefficient (Wildman–Crippen LogP) is 4.26. The van der Waals surface area contributed by atoms with Crippen molar-refractivity contribution in [2.24, 2.45) is 0 Å². The third-order valence-electron chi connectivity index (χ3n) is 4.19. The highest BCUT2D eigenvalue weighted by Crippen LogP contribution is 2.39. The van der Waals surface area contributed by atoms with Crippen molar-refractivity contribution in [2.45, 2.75) is 40.0 Å². The van der Waals surface area contributed by atoms with Crippen LogP contribution in [0.4, 0.5) is 0 Å². The molecule has 1 aliphatic carbocycles. The first kappa shape index (κ1) is 11.4. The van der Waals surface area contributed by atoms with E-state index in [0.29, 0.717) is 0 Å². The van der Waals surface area contributed by atoms with Gasteiger partial charge >= 0.3 is 0 Å². The van der Waals surface area contributed by atoms with E-state index in [1.807, 2.05) is 11.3 Å². The summed E-state index contributed by atoms with van der Waals surface area (Å²) in [7, 11) is 0. The fourth-order valence-electron chi connectivity index (χ4n) is 3.31. The molecule has 3 aromatic heterocycles. The molecule has 1 aliphatic rings. The molecule has 0 aromatic carbocycles. The highest BCUT2D eigenvalue weighted by molar-refractivity contribution is 7.25. The van der Waals surface area contributed by atoms with Gasteiger partial charge in [0.15, 0.2) is 0 Å². The van der Waals surface area contributed by atoms with E-state index >= 15 is 0 Å². The Bertz CT molecular complexity index is 830. The second-order valence-corrected chi connectivity index (χ2v) is 6.56. The molecule has 3 aromatic rings. The Morgan fingerprint density at radius 3 is 2.79 bits per heavy atom. The molecule has 0 radical (unpaired) electrons. The minimum Gasteiger partial charge on any atom is -0.251 e. The lowest BCUT2D eigenvalue weighted by Crippen LogP contribution is -1.92. The van der Waals surface area contributed by atoms with Gasteiger partial charge in [0.25, 0.3) is 0 Å². The molecule has 96 valence electrons. The van der Waals surface area contributed by atoms with Gasteiger partial charge in [-0.3, -0.25) is 4.98 Å². The van der Waals surface area contributed by atoms with Crippen molar-refractivity contribution in [1.29, 1.82) is 0 Å². The third-order valence-corrected chi connectivity index (χ3v) is 5.38. The first-order chi connectivity index (χ1) is 9.15. The minimum absolute atomic E-state index is 1.10. The summed E-state index contributed by atoms with van der Waals surface area (Å²) in [6, 6.07) is 2.17. The molecule has 0 N–H and O–H groups in total. The van der Waals surface area contributed by atoms with Crippen LogP contribution in [0.1, 0.15) is 34.5 Å². The highest BCUT2D eigenvalue weighted by atomic mass is 32.1. The second-order valence-electron chi connectivity index (χ2n) is 5.56. The van der Waals surface area contributed by atoms with Crippen LogP contribution in [0.2, 0.25) is 0 Å². The average molecular weight is 268 g/mol. The summed E-state index contributed by atoms with van der Waals surface area (Å²) >= 11 is 1.81. The molecule has 0 atom stereocenters. The van der Waals surface area contributed by atoms with E-state index in [1.54, 1.807) is 0 Å². The van der Waals surface area contributed by atoms with Crippen molar-refractivity contribution in [3.8, 4) is 0 Å². The van der Waals surface area contributed by atoms with E-state index in [4.69, 9.17) is 9.97 Å².